The summed E-state index contributed by atoms with van der Waals surface area (Å²) in [5.74, 6) is 1.05. The fourth-order valence-electron chi connectivity index (χ4n) is 3.06. The largest absolute Gasteiger partial charge is 0.350 e. The van der Waals surface area contributed by atoms with Gasteiger partial charge in [0.1, 0.15) is 11.6 Å². The number of piperazine rings is 1. The van der Waals surface area contributed by atoms with Gasteiger partial charge in [0.2, 0.25) is 5.82 Å². The van der Waals surface area contributed by atoms with E-state index in [-0.39, 0.29) is 11.9 Å². The minimum atomic E-state index is -0.325. The van der Waals surface area contributed by atoms with E-state index in [9.17, 15) is 4.39 Å². The first-order valence-electron chi connectivity index (χ1n) is 8.23. The lowest BCUT2D eigenvalue weighted by molar-refractivity contribution is 0.401. The van der Waals surface area contributed by atoms with E-state index in [2.05, 4.69) is 31.8 Å². The quantitative estimate of drug-likeness (QED) is 0.731. The van der Waals surface area contributed by atoms with E-state index in [4.69, 9.17) is 4.52 Å². The van der Waals surface area contributed by atoms with E-state index >= 15 is 0 Å². The van der Waals surface area contributed by atoms with Crippen LogP contribution in [0.3, 0.4) is 0 Å². The number of benzene rings is 1. The summed E-state index contributed by atoms with van der Waals surface area (Å²) >= 11 is 0. The van der Waals surface area contributed by atoms with Gasteiger partial charge in [0.15, 0.2) is 0 Å². The van der Waals surface area contributed by atoms with Crippen molar-refractivity contribution in [3.05, 3.63) is 54.5 Å². The van der Waals surface area contributed by atoms with Crippen LogP contribution in [-0.4, -0.2) is 40.8 Å². The molecule has 0 spiro atoms. The predicted molar refractivity (Wildman–Crippen MR) is 93.0 cm³/mol. The molecular weight excluding hydrogens is 321 g/mol. The van der Waals surface area contributed by atoms with Gasteiger partial charge in [-0.1, -0.05) is 35.5 Å². The summed E-state index contributed by atoms with van der Waals surface area (Å²) in [7, 11) is 0. The van der Waals surface area contributed by atoms with E-state index in [1.807, 2.05) is 30.3 Å². The van der Waals surface area contributed by atoms with E-state index in [1.165, 1.54) is 12.3 Å². The van der Waals surface area contributed by atoms with E-state index in [1.54, 1.807) is 6.07 Å². The summed E-state index contributed by atoms with van der Waals surface area (Å²) in [4.78, 5) is 12.9. The zero-order chi connectivity index (χ0) is 17.2. The Bertz CT molecular complexity index is 836. The molecule has 1 saturated heterocycles. The third-order valence-electron chi connectivity index (χ3n) is 4.35. The predicted octanol–water partition coefficient (Wildman–Crippen LogP) is 2.99. The van der Waals surface area contributed by atoms with Crippen molar-refractivity contribution in [2.75, 3.05) is 29.4 Å². The lowest BCUT2D eigenvalue weighted by Gasteiger charge is -2.39. The van der Waals surface area contributed by atoms with Crippen molar-refractivity contribution in [3.63, 3.8) is 0 Å². The minimum absolute atomic E-state index is 0.193. The molecule has 25 heavy (non-hydrogen) atoms. The second kappa shape index (κ2) is 6.51. The van der Waals surface area contributed by atoms with E-state index < -0.39 is 0 Å². The molecule has 0 radical (unpaired) electrons. The van der Waals surface area contributed by atoms with Crippen molar-refractivity contribution >= 4 is 11.8 Å². The molecule has 3 heterocycles. The average molecular weight is 339 g/mol. The summed E-state index contributed by atoms with van der Waals surface area (Å²) in [6, 6.07) is 13.6. The maximum Gasteiger partial charge on any atom is 0.324 e. The van der Waals surface area contributed by atoms with Gasteiger partial charge in [0.05, 0.1) is 6.20 Å². The molecule has 0 aliphatic carbocycles. The molecule has 2 aromatic heterocycles. The number of aromatic nitrogens is 3. The summed E-state index contributed by atoms with van der Waals surface area (Å²) in [6.45, 7) is 4.32. The monoisotopic (exact) mass is 339 g/mol. The molecule has 1 fully saturated rings. The van der Waals surface area contributed by atoms with Gasteiger partial charge < -0.3 is 14.3 Å². The molecule has 1 aliphatic rings. The van der Waals surface area contributed by atoms with E-state index in [0.29, 0.717) is 11.8 Å². The second-order valence-corrected chi connectivity index (χ2v) is 6.09. The molecule has 0 N–H and O–H groups in total. The molecule has 1 aromatic carbocycles. The highest BCUT2D eigenvalue weighted by Gasteiger charge is 2.27. The Morgan fingerprint density at radius 1 is 1.12 bits per heavy atom. The third-order valence-corrected chi connectivity index (χ3v) is 4.35. The number of halogens is 1. The van der Waals surface area contributed by atoms with Crippen LogP contribution >= 0.6 is 0 Å². The van der Waals surface area contributed by atoms with Crippen LogP contribution in [0.1, 0.15) is 6.92 Å². The molecule has 3 aromatic rings. The molecule has 4 rings (SSSR count). The highest BCUT2D eigenvalue weighted by atomic mass is 19.1. The fourth-order valence-corrected chi connectivity index (χ4v) is 3.06. The smallest absolute Gasteiger partial charge is 0.324 e. The third kappa shape index (κ3) is 3.17. The van der Waals surface area contributed by atoms with Crippen LogP contribution in [0, 0.1) is 5.82 Å². The van der Waals surface area contributed by atoms with Crippen molar-refractivity contribution in [1.29, 1.82) is 0 Å². The molecule has 7 heteroatoms. The van der Waals surface area contributed by atoms with Crippen LogP contribution < -0.4 is 9.80 Å². The van der Waals surface area contributed by atoms with Gasteiger partial charge in [-0.05, 0) is 19.1 Å². The summed E-state index contributed by atoms with van der Waals surface area (Å²) < 4.78 is 18.5. The molecular formula is C18H18FN5O. The average Bonchev–Trinajstić information content (AvgIpc) is 3.13. The van der Waals surface area contributed by atoms with Crippen molar-refractivity contribution in [2.45, 2.75) is 13.0 Å². The number of hydrogen-bond acceptors (Lipinski definition) is 6. The van der Waals surface area contributed by atoms with Crippen LogP contribution in [0.4, 0.5) is 16.2 Å². The number of rotatable bonds is 3. The van der Waals surface area contributed by atoms with Gasteiger partial charge in [-0.3, -0.25) is 0 Å². The molecule has 1 unspecified atom stereocenters. The lowest BCUT2D eigenvalue weighted by Crippen LogP contribution is -2.52. The van der Waals surface area contributed by atoms with Crippen LogP contribution in [0.25, 0.3) is 11.4 Å². The second-order valence-electron chi connectivity index (χ2n) is 6.09. The van der Waals surface area contributed by atoms with Crippen LogP contribution in [0.2, 0.25) is 0 Å². The standard InChI is InChI=1S/C18H18FN5O/c1-13-12-23(9-10-24(13)16-8-7-15(19)11-20-16)18-21-17(22-25-18)14-5-3-2-4-6-14/h2-8,11,13H,9-10,12H2,1H3. The SMILES string of the molecule is CC1CN(c2nc(-c3ccccc3)no2)CCN1c1ccc(F)cn1. The van der Waals surface area contributed by atoms with Crippen LogP contribution in [0.15, 0.2) is 53.2 Å². The first kappa shape index (κ1) is 15.6. The Kier molecular flexibility index (Phi) is 4.05. The number of nitrogens with zero attached hydrogens (tertiary/aromatic N) is 5. The van der Waals surface area contributed by atoms with Crippen molar-refractivity contribution < 1.29 is 8.91 Å². The number of hydrogen-bond donors (Lipinski definition) is 0. The topological polar surface area (TPSA) is 58.3 Å². The van der Waals surface area contributed by atoms with Gasteiger partial charge >= 0.3 is 6.01 Å². The molecule has 0 bridgehead atoms. The molecule has 6 nitrogen and oxygen atoms in total. The van der Waals surface area contributed by atoms with Gasteiger partial charge in [0, 0.05) is 31.2 Å². The Balaban J connectivity index is 1.48. The zero-order valence-corrected chi connectivity index (χ0v) is 13.8. The first-order chi connectivity index (χ1) is 12.2. The highest BCUT2D eigenvalue weighted by molar-refractivity contribution is 5.55. The fraction of sp³-hybridized carbons (Fsp3) is 0.278. The summed E-state index contributed by atoms with van der Waals surface area (Å²) in [6.07, 6.45) is 1.25. The Labute approximate surface area is 144 Å². The normalized spacial score (nSPS) is 17.8. The van der Waals surface area contributed by atoms with E-state index in [0.717, 1.165) is 31.0 Å². The van der Waals surface area contributed by atoms with Gasteiger partial charge in [-0.2, -0.15) is 4.98 Å². The van der Waals surface area contributed by atoms with Crippen molar-refractivity contribution in [3.8, 4) is 11.4 Å². The summed E-state index contributed by atoms with van der Waals surface area (Å²) in [5, 5.41) is 4.08. The van der Waals surface area contributed by atoms with Crippen molar-refractivity contribution in [2.24, 2.45) is 0 Å². The Morgan fingerprint density at radius 2 is 1.96 bits per heavy atom. The molecule has 128 valence electrons. The highest BCUT2D eigenvalue weighted by Crippen LogP contribution is 2.24. The van der Waals surface area contributed by atoms with Crippen LogP contribution in [0.5, 0.6) is 0 Å². The van der Waals surface area contributed by atoms with Gasteiger partial charge in [-0.25, -0.2) is 9.37 Å². The Morgan fingerprint density at radius 3 is 2.68 bits per heavy atom. The van der Waals surface area contributed by atoms with Gasteiger partial charge in [-0.15, -0.1) is 0 Å². The van der Waals surface area contributed by atoms with Gasteiger partial charge in [0.25, 0.3) is 0 Å². The molecule has 0 saturated carbocycles. The molecule has 0 amide bonds. The zero-order valence-electron chi connectivity index (χ0n) is 13.8. The number of anilines is 2. The molecule has 1 atom stereocenters. The maximum absolute atomic E-state index is 13.1. The molecule has 1 aliphatic heterocycles. The number of pyridine rings is 1. The first-order valence-corrected chi connectivity index (χ1v) is 8.23. The van der Waals surface area contributed by atoms with Crippen molar-refractivity contribution in [1.82, 2.24) is 15.1 Å². The maximum atomic E-state index is 13.1. The minimum Gasteiger partial charge on any atom is -0.350 e. The lowest BCUT2D eigenvalue weighted by atomic mass is 10.2. The van der Waals surface area contributed by atoms with Crippen LogP contribution in [-0.2, 0) is 0 Å². The Hall–Kier alpha value is -2.96. The summed E-state index contributed by atoms with van der Waals surface area (Å²) in [5.41, 5.74) is 0.930.